The first kappa shape index (κ1) is 5.50. The number of hydrogen-bond acceptors (Lipinski definition) is 1. The van der Waals surface area contributed by atoms with E-state index in [1.807, 2.05) is 19.1 Å². The number of aromatic nitrogens is 1. The van der Waals surface area contributed by atoms with Crippen molar-refractivity contribution in [1.29, 1.82) is 0 Å². The quantitative estimate of drug-likeness (QED) is 0.445. The molecule has 0 saturated carbocycles. The van der Waals surface area contributed by atoms with E-state index in [0.717, 1.165) is 10.9 Å². The highest BCUT2D eigenvalue weighted by atomic mass is 28.1. The molecule has 0 saturated heterocycles. The first-order chi connectivity index (χ1) is 3.79. The molecule has 2 heteroatoms. The molecule has 3 radical (unpaired) electrons. The van der Waals surface area contributed by atoms with Gasteiger partial charge in [-0.25, -0.2) is 0 Å². The zero-order valence-corrected chi connectivity index (χ0v) is 5.68. The summed E-state index contributed by atoms with van der Waals surface area (Å²) in [5.41, 5.74) is 1.05. The Morgan fingerprint density at radius 3 is 2.62 bits per heavy atom. The third-order valence-corrected chi connectivity index (χ3v) is 1.21. The standard InChI is InChI=1S/C6H6NSi/c1-5-2-3-6(8)4-7-5/h2-4H,1H3. The van der Waals surface area contributed by atoms with Crippen LogP contribution in [-0.2, 0) is 0 Å². The minimum atomic E-state index is 1.02. The van der Waals surface area contributed by atoms with Gasteiger partial charge in [-0.15, -0.1) is 0 Å². The van der Waals surface area contributed by atoms with Crippen LogP contribution in [0.4, 0.5) is 0 Å². The van der Waals surface area contributed by atoms with Gasteiger partial charge in [0.25, 0.3) is 0 Å². The average Bonchev–Trinajstić information content (AvgIpc) is 1.77. The number of aryl methyl sites for hydroxylation is 1. The molecule has 0 aliphatic rings. The maximum absolute atomic E-state index is 4.03. The van der Waals surface area contributed by atoms with Crippen molar-refractivity contribution in [2.75, 3.05) is 0 Å². The van der Waals surface area contributed by atoms with Crippen LogP contribution in [0.25, 0.3) is 0 Å². The topological polar surface area (TPSA) is 12.9 Å². The van der Waals surface area contributed by atoms with Gasteiger partial charge in [-0.05, 0) is 18.2 Å². The lowest BCUT2D eigenvalue weighted by Gasteiger charge is -1.89. The Morgan fingerprint density at radius 1 is 1.50 bits per heavy atom. The Labute approximate surface area is 52.2 Å². The van der Waals surface area contributed by atoms with E-state index in [4.69, 9.17) is 0 Å². The van der Waals surface area contributed by atoms with Gasteiger partial charge in [0.1, 0.15) is 0 Å². The Bertz CT molecular complexity index is 147. The molecule has 8 heavy (non-hydrogen) atoms. The largest absolute Gasteiger partial charge is 0.262 e. The van der Waals surface area contributed by atoms with Crippen LogP contribution in [-0.4, -0.2) is 15.2 Å². The molecule has 0 amide bonds. The zero-order valence-electron chi connectivity index (χ0n) is 4.68. The molecule has 0 fully saturated rings. The van der Waals surface area contributed by atoms with Crippen molar-refractivity contribution in [2.45, 2.75) is 6.92 Å². The highest BCUT2D eigenvalue weighted by molar-refractivity contribution is 6.31. The molecule has 0 bridgehead atoms. The SMILES string of the molecule is Cc1ccc([Si])cn1. The van der Waals surface area contributed by atoms with Crippen LogP contribution in [0.3, 0.4) is 0 Å². The molecular formula is C6H6NSi. The highest BCUT2D eigenvalue weighted by Crippen LogP contribution is 1.83. The van der Waals surface area contributed by atoms with Crippen LogP contribution in [0.5, 0.6) is 0 Å². The van der Waals surface area contributed by atoms with E-state index in [-0.39, 0.29) is 0 Å². The molecular weight excluding hydrogens is 114 g/mol. The molecule has 0 atom stereocenters. The Balaban J connectivity index is 3.03. The van der Waals surface area contributed by atoms with E-state index in [0.29, 0.717) is 0 Å². The minimum Gasteiger partial charge on any atom is -0.262 e. The molecule has 0 aliphatic carbocycles. The average molecular weight is 120 g/mol. The van der Waals surface area contributed by atoms with Gasteiger partial charge >= 0.3 is 0 Å². The van der Waals surface area contributed by atoms with Crippen molar-refractivity contribution in [1.82, 2.24) is 4.98 Å². The van der Waals surface area contributed by atoms with Crippen LogP contribution in [0, 0.1) is 6.92 Å². The lowest BCUT2D eigenvalue weighted by Crippen LogP contribution is -2.01. The first-order valence-electron chi connectivity index (χ1n) is 2.43. The van der Waals surface area contributed by atoms with E-state index < -0.39 is 0 Å². The van der Waals surface area contributed by atoms with E-state index in [9.17, 15) is 0 Å². The van der Waals surface area contributed by atoms with E-state index in [1.165, 1.54) is 0 Å². The molecule has 39 valence electrons. The number of hydrogen-bond donors (Lipinski definition) is 0. The molecule has 0 N–H and O–H groups in total. The van der Waals surface area contributed by atoms with Crippen molar-refractivity contribution in [3.8, 4) is 0 Å². The van der Waals surface area contributed by atoms with Crippen molar-refractivity contribution in [3.63, 3.8) is 0 Å². The Morgan fingerprint density at radius 2 is 2.25 bits per heavy atom. The Kier molecular flexibility index (Phi) is 1.44. The molecule has 0 unspecified atom stereocenters. The van der Waals surface area contributed by atoms with Gasteiger partial charge in [0.2, 0.25) is 0 Å². The predicted molar refractivity (Wildman–Crippen MR) is 34.4 cm³/mol. The molecule has 1 heterocycles. The number of nitrogens with zero attached hydrogens (tertiary/aromatic N) is 1. The lowest BCUT2D eigenvalue weighted by molar-refractivity contribution is 1.21. The van der Waals surface area contributed by atoms with Crippen LogP contribution in [0.1, 0.15) is 5.69 Å². The van der Waals surface area contributed by atoms with Crippen LogP contribution < -0.4 is 5.19 Å². The molecule has 1 aromatic rings. The van der Waals surface area contributed by atoms with Gasteiger partial charge in [0, 0.05) is 11.9 Å². The first-order valence-corrected chi connectivity index (χ1v) is 2.93. The number of pyridine rings is 1. The van der Waals surface area contributed by atoms with Crippen LogP contribution in [0.2, 0.25) is 0 Å². The van der Waals surface area contributed by atoms with E-state index in [1.54, 1.807) is 6.20 Å². The van der Waals surface area contributed by atoms with Crippen LogP contribution >= 0.6 is 0 Å². The summed E-state index contributed by atoms with van der Waals surface area (Å²) in [6.45, 7) is 1.96. The van der Waals surface area contributed by atoms with Gasteiger partial charge in [-0.1, -0.05) is 6.07 Å². The molecule has 0 aromatic carbocycles. The van der Waals surface area contributed by atoms with E-state index >= 15 is 0 Å². The molecule has 0 aliphatic heterocycles. The fourth-order valence-electron chi connectivity index (χ4n) is 0.468. The van der Waals surface area contributed by atoms with Gasteiger partial charge in [-0.2, -0.15) is 0 Å². The molecule has 1 aromatic heterocycles. The molecule has 1 rings (SSSR count). The second-order valence-corrected chi connectivity index (χ2v) is 2.27. The summed E-state index contributed by atoms with van der Waals surface area (Å²) in [5, 5.41) is 1.02. The van der Waals surface area contributed by atoms with Crippen LogP contribution in [0.15, 0.2) is 18.3 Å². The highest BCUT2D eigenvalue weighted by Gasteiger charge is 1.81. The van der Waals surface area contributed by atoms with Crippen molar-refractivity contribution in [2.24, 2.45) is 0 Å². The summed E-state index contributed by atoms with van der Waals surface area (Å²) in [7, 11) is 3.33. The predicted octanol–water partition coefficient (Wildman–Crippen LogP) is 0.184. The maximum Gasteiger partial charge on any atom is 0.0733 e. The molecule has 0 spiro atoms. The maximum atomic E-state index is 4.03. The summed E-state index contributed by atoms with van der Waals surface area (Å²) >= 11 is 0. The van der Waals surface area contributed by atoms with Crippen molar-refractivity contribution >= 4 is 15.4 Å². The van der Waals surface area contributed by atoms with Gasteiger partial charge in [0.15, 0.2) is 0 Å². The normalized spacial score (nSPS) is 9.25. The summed E-state index contributed by atoms with van der Waals surface area (Å²) in [4.78, 5) is 4.03. The van der Waals surface area contributed by atoms with Gasteiger partial charge < -0.3 is 0 Å². The fraction of sp³-hybridized carbons (Fsp3) is 0.167. The summed E-state index contributed by atoms with van der Waals surface area (Å²) in [6, 6.07) is 3.93. The van der Waals surface area contributed by atoms with Gasteiger partial charge in [0.05, 0.1) is 10.2 Å². The fourth-order valence-corrected chi connectivity index (χ4v) is 0.616. The lowest BCUT2D eigenvalue weighted by atomic mass is 10.4. The monoisotopic (exact) mass is 120 g/mol. The summed E-state index contributed by atoms with van der Waals surface area (Å²) in [6.07, 6.45) is 1.78. The van der Waals surface area contributed by atoms with Crippen molar-refractivity contribution < 1.29 is 0 Å². The third kappa shape index (κ3) is 1.17. The number of rotatable bonds is 0. The smallest absolute Gasteiger partial charge is 0.0733 e. The summed E-state index contributed by atoms with van der Waals surface area (Å²) in [5.74, 6) is 0. The van der Waals surface area contributed by atoms with Crippen molar-refractivity contribution in [3.05, 3.63) is 24.0 Å². The Hall–Kier alpha value is -0.633. The minimum absolute atomic E-state index is 1.02. The molecule has 1 nitrogen and oxygen atoms in total. The second-order valence-electron chi connectivity index (χ2n) is 1.69. The third-order valence-electron chi connectivity index (χ3n) is 0.911. The second kappa shape index (κ2) is 2.09. The zero-order chi connectivity index (χ0) is 5.98. The summed E-state index contributed by atoms with van der Waals surface area (Å²) < 4.78 is 0. The van der Waals surface area contributed by atoms with Gasteiger partial charge in [-0.3, -0.25) is 4.98 Å². The van der Waals surface area contributed by atoms with E-state index in [2.05, 4.69) is 15.2 Å².